The highest BCUT2D eigenvalue weighted by atomic mass is 16.1. The quantitative estimate of drug-likeness (QED) is 0.890. The second-order valence-corrected chi connectivity index (χ2v) is 6.10. The third-order valence-corrected chi connectivity index (χ3v) is 4.18. The molecule has 1 aromatic heterocycles. The second-order valence-electron chi connectivity index (χ2n) is 6.10. The van der Waals surface area contributed by atoms with Crippen LogP contribution in [0.25, 0.3) is 0 Å². The Morgan fingerprint density at radius 3 is 2.48 bits per heavy atom. The summed E-state index contributed by atoms with van der Waals surface area (Å²) in [4.78, 5) is 12.1. The summed E-state index contributed by atoms with van der Waals surface area (Å²) in [6.07, 6.45) is 4.90. The maximum atomic E-state index is 12.1. The normalized spacial score (nSPS) is 14.7. The van der Waals surface area contributed by atoms with Gasteiger partial charge in [0, 0.05) is 12.6 Å². The average Bonchev–Trinajstić information content (AvgIpc) is 3.08. The highest BCUT2D eigenvalue weighted by Gasteiger charge is 2.15. The largest absolute Gasteiger partial charge is 0.366 e. The highest BCUT2D eigenvalue weighted by molar-refractivity contribution is 5.92. The minimum atomic E-state index is -0.203. The van der Waals surface area contributed by atoms with E-state index in [0.29, 0.717) is 18.3 Å². The third-order valence-electron chi connectivity index (χ3n) is 4.18. The van der Waals surface area contributed by atoms with Crippen molar-refractivity contribution in [2.24, 2.45) is 0 Å². The van der Waals surface area contributed by atoms with Crippen molar-refractivity contribution in [2.45, 2.75) is 45.2 Å². The van der Waals surface area contributed by atoms with Gasteiger partial charge in [-0.1, -0.05) is 42.7 Å². The van der Waals surface area contributed by atoms with E-state index in [1.807, 2.05) is 37.3 Å². The summed E-state index contributed by atoms with van der Waals surface area (Å²) in [5, 5.41) is 14.4. The van der Waals surface area contributed by atoms with Gasteiger partial charge >= 0.3 is 0 Å². The van der Waals surface area contributed by atoms with Gasteiger partial charge in [-0.05, 0) is 37.5 Å². The Balaban J connectivity index is 1.53. The molecular weight excluding hydrogens is 288 g/mol. The molecule has 1 fully saturated rings. The smallest absolute Gasteiger partial charge is 0.272 e. The molecule has 0 radical (unpaired) electrons. The molecule has 2 N–H and O–H groups in total. The van der Waals surface area contributed by atoms with Crippen molar-refractivity contribution in [3.63, 3.8) is 0 Å². The summed E-state index contributed by atoms with van der Waals surface area (Å²) >= 11 is 0. The van der Waals surface area contributed by atoms with E-state index in [-0.39, 0.29) is 5.91 Å². The van der Waals surface area contributed by atoms with Crippen molar-refractivity contribution in [1.29, 1.82) is 0 Å². The van der Waals surface area contributed by atoms with Gasteiger partial charge in [0.2, 0.25) is 0 Å². The lowest BCUT2D eigenvalue weighted by molar-refractivity contribution is 0.0945. The van der Waals surface area contributed by atoms with Crippen molar-refractivity contribution < 1.29 is 4.79 Å². The molecule has 120 valence electrons. The van der Waals surface area contributed by atoms with Gasteiger partial charge in [-0.15, -0.1) is 10.2 Å². The number of rotatable bonds is 5. The molecule has 1 saturated carbocycles. The van der Waals surface area contributed by atoms with E-state index in [0.717, 1.165) is 11.4 Å². The van der Waals surface area contributed by atoms with Crippen LogP contribution in [-0.4, -0.2) is 22.1 Å². The van der Waals surface area contributed by atoms with E-state index in [2.05, 4.69) is 20.8 Å². The molecule has 23 heavy (non-hydrogen) atoms. The van der Waals surface area contributed by atoms with Gasteiger partial charge in [0.05, 0.1) is 0 Å². The lowest BCUT2D eigenvalue weighted by Crippen LogP contribution is -2.24. The summed E-state index contributed by atoms with van der Waals surface area (Å²) in [5.74, 6) is 0.539. The number of nitrogens with one attached hydrogen (secondary N) is 2. The van der Waals surface area contributed by atoms with Gasteiger partial charge < -0.3 is 10.6 Å². The van der Waals surface area contributed by atoms with Gasteiger partial charge in [-0.25, -0.2) is 0 Å². The Bertz CT molecular complexity index is 646. The number of aryl methyl sites for hydroxylation is 1. The number of anilines is 1. The van der Waals surface area contributed by atoms with Crippen LogP contribution in [0.5, 0.6) is 0 Å². The fourth-order valence-corrected chi connectivity index (χ4v) is 2.79. The zero-order chi connectivity index (χ0) is 16.1. The molecule has 0 unspecified atom stereocenters. The fraction of sp³-hybridized carbons (Fsp3) is 0.389. The van der Waals surface area contributed by atoms with Gasteiger partial charge in [-0.2, -0.15) is 0 Å². The van der Waals surface area contributed by atoms with Gasteiger partial charge in [-0.3, -0.25) is 4.79 Å². The van der Waals surface area contributed by atoms with Crippen LogP contribution in [-0.2, 0) is 6.54 Å². The lowest BCUT2D eigenvalue weighted by atomic mass is 10.1. The Morgan fingerprint density at radius 1 is 1.09 bits per heavy atom. The number of hydrogen-bond donors (Lipinski definition) is 2. The second kappa shape index (κ2) is 7.22. The van der Waals surface area contributed by atoms with E-state index in [1.165, 1.54) is 31.2 Å². The van der Waals surface area contributed by atoms with Gasteiger partial charge in [0.15, 0.2) is 5.69 Å². The molecule has 1 amide bonds. The number of benzene rings is 1. The van der Waals surface area contributed by atoms with Crippen molar-refractivity contribution in [1.82, 2.24) is 15.5 Å². The van der Waals surface area contributed by atoms with Crippen LogP contribution in [0.3, 0.4) is 0 Å². The summed E-state index contributed by atoms with van der Waals surface area (Å²) in [6.45, 7) is 2.53. The van der Waals surface area contributed by atoms with Crippen LogP contribution in [0.4, 0.5) is 5.82 Å². The molecule has 0 bridgehead atoms. The number of amides is 1. The first-order valence-electron chi connectivity index (χ1n) is 8.15. The molecule has 3 rings (SSSR count). The van der Waals surface area contributed by atoms with Crippen LogP contribution < -0.4 is 10.6 Å². The Morgan fingerprint density at radius 2 is 1.83 bits per heavy atom. The number of aromatic nitrogens is 2. The minimum Gasteiger partial charge on any atom is -0.366 e. The molecule has 5 heteroatoms. The van der Waals surface area contributed by atoms with Crippen LogP contribution >= 0.6 is 0 Å². The van der Waals surface area contributed by atoms with Crippen molar-refractivity contribution >= 4 is 11.7 Å². The third kappa shape index (κ3) is 4.28. The predicted octanol–water partition coefficient (Wildman–Crippen LogP) is 3.07. The molecule has 0 aliphatic heterocycles. The summed E-state index contributed by atoms with van der Waals surface area (Å²) < 4.78 is 0. The van der Waals surface area contributed by atoms with Crippen LogP contribution in [0.1, 0.15) is 47.3 Å². The first-order valence-corrected chi connectivity index (χ1v) is 8.15. The van der Waals surface area contributed by atoms with Crippen LogP contribution in [0.15, 0.2) is 36.4 Å². The van der Waals surface area contributed by atoms with Crippen LogP contribution in [0.2, 0.25) is 0 Å². The maximum Gasteiger partial charge on any atom is 0.272 e. The zero-order valence-electron chi connectivity index (χ0n) is 13.4. The van der Waals surface area contributed by atoms with Gasteiger partial charge in [0.1, 0.15) is 5.82 Å². The Labute approximate surface area is 136 Å². The molecule has 0 saturated heterocycles. The summed E-state index contributed by atoms with van der Waals surface area (Å²) in [7, 11) is 0. The molecule has 5 nitrogen and oxygen atoms in total. The van der Waals surface area contributed by atoms with Crippen molar-refractivity contribution in [3.8, 4) is 0 Å². The predicted molar refractivity (Wildman–Crippen MR) is 90.3 cm³/mol. The number of hydrogen-bond acceptors (Lipinski definition) is 4. The molecule has 1 aliphatic rings. The first-order chi connectivity index (χ1) is 11.2. The molecular formula is C18H22N4O. The van der Waals surface area contributed by atoms with E-state index in [9.17, 15) is 4.79 Å². The summed E-state index contributed by atoms with van der Waals surface area (Å²) in [5.41, 5.74) is 2.61. The average molecular weight is 310 g/mol. The van der Waals surface area contributed by atoms with Crippen molar-refractivity contribution in [3.05, 3.63) is 53.2 Å². The van der Waals surface area contributed by atoms with Crippen LogP contribution in [0, 0.1) is 6.92 Å². The standard InChI is InChI=1S/C18H22N4O/c1-13-6-8-14(9-7-13)12-19-18(23)16-10-11-17(22-21-16)20-15-4-2-3-5-15/h6-11,15H,2-5,12H2,1H3,(H,19,23)(H,20,22). The maximum absolute atomic E-state index is 12.1. The fourth-order valence-electron chi connectivity index (χ4n) is 2.79. The SMILES string of the molecule is Cc1ccc(CNC(=O)c2ccc(NC3CCCC3)nn2)cc1. The molecule has 1 aliphatic carbocycles. The molecule has 1 aromatic carbocycles. The van der Waals surface area contributed by atoms with Crippen molar-refractivity contribution in [2.75, 3.05) is 5.32 Å². The van der Waals surface area contributed by atoms with Gasteiger partial charge in [0.25, 0.3) is 5.91 Å². The molecule has 1 heterocycles. The monoisotopic (exact) mass is 310 g/mol. The molecule has 2 aromatic rings. The first kappa shape index (κ1) is 15.5. The Hall–Kier alpha value is -2.43. The zero-order valence-corrected chi connectivity index (χ0v) is 13.4. The molecule has 0 spiro atoms. The molecule has 0 atom stereocenters. The van der Waals surface area contributed by atoms with E-state index in [4.69, 9.17) is 0 Å². The summed E-state index contributed by atoms with van der Waals surface area (Å²) in [6, 6.07) is 12.1. The van der Waals surface area contributed by atoms with E-state index in [1.54, 1.807) is 6.07 Å². The van der Waals surface area contributed by atoms with E-state index < -0.39 is 0 Å². The minimum absolute atomic E-state index is 0.203. The Kier molecular flexibility index (Phi) is 4.86. The van der Waals surface area contributed by atoms with E-state index >= 15 is 0 Å². The highest BCUT2D eigenvalue weighted by Crippen LogP contribution is 2.21. The number of nitrogens with zero attached hydrogens (tertiary/aromatic N) is 2. The number of carbonyl (C=O) groups is 1. The lowest BCUT2D eigenvalue weighted by Gasteiger charge is -2.12. The number of carbonyl (C=O) groups excluding carboxylic acids is 1. The topological polar surface area (TPSA) is 66.9 Å².